The Labute approximate surface area is 116 Å². The van der Waals surface area contributed by atoms with Gasteiger partial charge in [-0.3, -0.25) is 0 Å². The smallest absolute Gasteiger partial charge is 0.0683 e. The summed E-state index contributed by atoms with van der Waals surface area (Å²) in [5.41, 5.74) is 2.84. The first-order valence-corrected chi connectivity index (χ1v) is 7.32. The van der Waals surface area contributed by atoms with Crippen molar-refractivity contribution in [1.29, 1.82) is 5.26 Å². The molecule has 0 aliphatic heterocycles. The molecule has 1 aliphatic rings. The summed E-state index contributed by atoms with van der Waals surface area (Å²) in [6.07, 6.45) is 5.63. The van der Waals surface area contributed by atoms with Gasteiger partial charge in [-0.05, 0) is 63.6 Å². The van der Waals surface area contributed by atoms with Crippen LogP contribution in [0.4, 0.5) is 0 Å². The Balaban J connectivity index is 1.73. The van der Waals surface area contributed by atoms with E-state index in [0.717, 1.165) is 25.8 Å². The lowest BCUT2D eigenvalue weighted by Crippen LogP contribution is -2.35. The van der Waals surface area contributed by atoms with E-state index in [1.165, 1.54) is 24.0 Å². The zero-order valence-electron chi connectivity index (χ0n) is 12.1. The van der Waals surface area contributed by atoms with Crippen molar-refractivity contribution in [3.8, 4) is 6.07 Å². The number of nitriles is 1. The molecule has 1 N–H and O–H groups in total. The van der Waals surface area contributed by atoms with Crippen molar-refractivity contribution in [2.24, 2.45) is 5.41 Å². The molecule has 0 saturated heterocycles. The van der Waals surface area contributed by atoms with Gasteiger partial charge in [0, 0.05) is 6.04 Å². The van der Waals surface area contributed by atoms with Crippen LogP contribution in [-0.4, -0.2) is 12.6 Å². The van der Waals surface area contributed by atoms with Gasteiger partial charge in [0.1, 0.15) is 0 Å². The number of rotatable bonds is 5. The topological polar surface area (TPSA) is 35.8 Å². The fraction of sp³-hybridized carbons (Fsp3) is 0.588. The zero-order chi connectivity index (χ0) is 13.7. The van der Waals surface area contributed by atoms with Gasteiger partial charge in [-0.2, -0.15) is 5.26 Å². The number of fused-ring (bicyclic) bond motifs is 1. The average molecular weight is 256 g/mol. The third-order valence-corrected chi connectivity index (χ3v) is 4.06. The quantitative estimate of drug-likeness (QED) is 0.819. The molecule has 1 atom stereocenters. The molecule has 0 fully saturated rings. The van der Waals surface area contributed by atoms with Crippen molar-refractivity contribution < 1.29 is 0 Å². The maximum absolute atomic E-state index is 8.98. The molecule has 1 aliphatic carbocycles. The maximum Gasteiger partial charge on any atom is 0.0683 e. The number of aryl methyl sites for hydroxylation is 1. The van der Waals surface area contributed by atoms with E-state index < -0.39 is 0 Å². The molecule has 2 rings (SSSR count). The second kappa shape index (κ2) is 6.21. The highest BCUT2D eigenvalue weighted by Crippen LogP contribution is 2.22. The Hall–Kier alpha value is -1.33. The van der Waals surface area contributed by atoms with E-state index in [-0.39, 0.29) is 5.41 Å². The van der Waals surface area contributed by atoms with Crippen LogP contribution in [0, 0.1) is 16.7 Å². The molecule has 0 saturated carbocycles. The molecule has 0 spiro atoms. The van der Waals surface area contributed by atoms with E-state index in [0.29, 0.717) is 6.04 Å². The highest BCUT2D eigenvalue weighted by molar-refractivity contribution is 5.30. The van der Waals surface area contributed by atoms with Crippen LogP contribution in [-0.2, 0) is 12.8 Å². The molecular formula is C17H24N2. The highest BCUT2D eigenvalue weighted by Gasteiger charge is 2.19. The van der Waals surface area contributed by atoms with E-state index in [2.05, 4.69) is 35.7 Å². The Morgan fingerprint density at radius 3 is 2.79 bits per heavy atom. The van der Waals surface area contributed by atoms with Gasteiger partial charge in [-0.1, -0.05) is 24.3 Å². The monoisotopic (exact) mass is 256 g/mol. The Bertz CT molecular complexity index is 457. The van der Waals surface area contributed by atoms with Gasteiger partial charge in [0.15, 0.2) is 0 Å². The van der Waals surface area contributed by atoms with Crippen molar-refractivity contribution in [2.45, 2.75) is 52.0 Å². The van der Waals surface area contributed by atoms with Crippen LogP contribution in [0.25, 0.3) is 0 Å². The molecule has 1 unspecified atom stereocenters. The van der Waals surface area contributed by atoms with Crippen LogP contribution in [0.15, 0.2) is 24.3 Å². The van der Waals surface area contributed by atoms with E-state index >= 15 is 0 Å². The normalized spacial score (nSPS) is 18.7. The minimum Gasteiger partial charge on any atom is -0.314 e. The summed E-state index contributed by atoms with van der Waals surface area (Å²) in [7, 11) is 0. The molecule has 0 radical (unpaired) electrons. The Kier molecular flexibility index (Phi) is 4.61. The summed E-state index contributed by atoms with van der Waals surface area (Å²) in [5.74, 6) is 0. The summed E-state index contributed by atoms with van der Waals surface area (Å²) in [6.45, 7) is 5.06. The number of nitrogens with zero attached hydrogens (tertiary/aromatic N) is 1. The van der Waals surface area contributed by atoms with Gasteiger partial charge in [0.25, 0.3) is 0 Å². The maximum atomic E-state index is 8.98. The van der Waals surface area contributed by atoms with E-state index in [4.69, 9.17) is 5.26 Å². The van der Waals surface area contributed by atoms with Crippen LogP contribution < -0.4 is 5.32 Å². The van der Waals surface area contributed by atoms with Crippen molar-refractivity contribution in [2.75, 3.05) is 6.54 Å². The average Bonchev–Trinajstić information content (AvgIpc) is 2.43. The third kappa shape index (κ3) is 4.08. The van der Waals surface area contributed by atoms with Crippen molar-refractivity contribution in [3.05, 3.63) is 35.4 Å². The molecule has 0 aromatic heterocycles. The molecule has 0 amide bonds. The molecule has 2 heteroatoms. The molecular weight excluding hydrogens is 232 g/mol. The highest BCUT2D eigenvalue weighted by atomic mass is 14.9. The summed E-state index contributed by atoms with van der Waals surface area (Å²) in [5, 5.41) is 12.6. The van der Waals surface area contributed by atoms with Crippen molar-refractivity contribution in [1.82, 2.24) is 5.32 Å². The fourth-order valence-corrected chi connectivity index (χ4v) is 2.76. The second-order valence-corrected chi connectivity index (χ2v) is 6.26. The molecule has 102 valence electrons. The first kappa shape index (κ1) is 14.1. The number of hydrogen-bond acceptors (Lipinski definition) is 2. The predicted molar refractivity (Wildman–Crippen MR) is 78.9 cm³/mol. The van der Waals surface area contributed by atoms with Crippen LogP contribution in [0.2, 0.25) is 0 Å². The van der Waals surface area contributed by atoms with Gasteiger partial charge in [-0.25, -0.2) is 0 Å². The molecule has 1 aromatic rings. The second-order valence-electron chi connectivity index (χ2n) is 6.26. The SMILES string of the molecule is CC(C)(C#N)CCCNC1CCc2ccccc2C1. The van der Waals surface area contributed by atoms with Crippen LogP contribution >= 0.6 is 0 Å². The van der Waals surface area contributed by atoms with E-state index in [1.807, 2.05) is 13.8 Å². The summed E-state index contributed by atoms with van der Waals surface area (Å²) in [6, 6.07) is 11.8. The number of nitrogens with one attached hydrogen (secondary N) is 1. The van der Waals surface area contributed by atoms with Gasteiger partial charge >= 0.3 is 0 Å². The largest absolute Gasteiger partial charge is 0.314 e. The van der Waals surface area contributed by atoms with Gasteiger partial charge in [0.05, 0.1) is 11.5 Å². The fourth-order valence-electron chi connectivity index (χ4n) is 2.76. The molecule has 0 bridgehead atoms. The number of hydrogen-bond donors (Lipinski definition) is 1. The predicted octanol–water partition coefficient (Wildman–Crippen LogP) is 3.46. The minimum atomic E-state index is -0.180. The lowest BCUT2D eigenvalue weighted by atomic mass is 9.87. The first-order valence-electron chi connectivity index (χ1n) is 7.32. The van der Waals surface area contributed by atoms with Crippen LogP contribution in [0.1, 0.15) is 44.2 Å². The van der Waals surface area contributed by atoms with E-state index in [1.54, 1.807) is 0 Å². The van der Waals surface area contributed by atoms with Crippen molar-refractivity contribution >= 4 is 0 Å². The van der Waals surface area contributed by atoms with Gasteiger partial charge in [0.2, 0.25) is 0 Å². The summed E-state index contributed by atoms with van der Waals surface area (Å²) < 4.78 is 0. The lowest BCUT2D eigenvalue weighted by molar-refractivity contribution is 0.398. The minimum absolute atomic E-state index is 0.180. The Morgan fingerprint density at radius 1 is 1.32 bits per heavy atom. The molecule has 19 heavy (non-hydrogen) atoms. The van der Waals surface area contributed by atoms with Gasteiger partial charge in [-0.15, -0.1) is 0 Å². The standard InChI is InChI=1S/C17H24N2/c1-17(2,13-18)10-5-11-19-16-9-8-14-6-3-4-7-15(14)12-16/h3-4,6-7,16,19H,5,8-12H2,1-2H3. The molecule has 1 aromatic carbocycles. The van der Waals surface area contributed by atoms with Crippen LogP contribution in [0.3, 0.4) is 0 Å². The molecule has 2 nitrogen and oxygen atoms in total. The van der Waals surface area contributed by atoms with E-state index in [9.17, 15) is 0 Å². The molecule has 0 heterocycles. The first-order chi connectivity index (χ1) is 9.11. The summed E-state index contributed by atoms with van der Waals surface area (Å²) in [4.78, 5) is 0. The third-order valence-electron chi connectivity index (χ3n) is 4.06. The lowest BCUT2D eigenvalue weighted by Gasteiger charge is -2.26. The van der Waals surface area contributed by atoms with Crippen molar-refractivity contribution in [3.63, 3.8) is 0 Å². The van der Waals surface area contributed by atoms with Gasteiger partial charge < -0.3 is 5.32 Å². The summed E-state index contributed by atoms with van der Waals surface area (Å²) >= 11 is 0. The Morgan fingerprint density at radius 2 is 2.05 bits per heavy atom. The zero-order valence-corrected chi connectivity index (χ0v) is 12.1. The van der Waals surface area contributed by atoms with Crippen LogP contribution in [0.5, 0.6) is 0 Å². The number of benzene rings is 1.